The third kappa shape index (κ3) is 3.10. The Kier molecular flexibility index (Phi) is 4.59. The van der Waals surface area contributed by atoms with Crippen molar-refractivity contribution in [2.24, 2.45) is 18.7 Å². The fourth-order valence-electron chi connectivity index (χ4n) is 1.67. The Morgan fingerprint density at radius 3 is 2.79 bits per heavy atom. The van der Waals surface area contributed by atoms with Crippen molar-refractivity contribution < 1.29 is 0 Å². The van der Waals surface area contributed by atoms with E-state index in [0.717, 1.165) is 31.1 Å². The van der Waals surface area contributed by atoms with Crippen LogP contribution in [0.1, 0.15) is 32.0 Å². The minimum Gasteiger partial charge on any atom is -0.330 e. The van der Waals surface area contributed by atoms with Gasteiger partial charge in [0.2, 0.25) is 0 Å². The van der Waals surface area contributed by atoms with E-state index in [1.54, 1.807) is 6.33 Å². The molecule has 1 atom stereocenters. The first-order valence-electron chi connectivity index (χ1n) is 5.30. The molecule has 1 heterocycles. The zero-order valence-corrected chi connectivity index (χ0v) is 9.11. The average molecular weight is 196 g/mol. The van der Waals surface area contributed by atoms with Gasteiger partial charge in [-0.25, -0.2) is 4.98 Å². The number of hydrogen-bond donors (Lipinski definition) is 1. The Hall–Kier alpha value is -0.900. The lowest BCUT2D eigenvalue weighted by Gasteiger charge is -2.12. The van der Waals surface area contributed by atoms with Crippen LogP contribution in [0.25, 0.3) is 0 Å². The number of hydrogen-bond acceptors (Lipinski definition) is 3. The van der Waals surface area contributed by atoms with Crippen LogP contribution < -0.4 is 5.73 Å². The maximum absolute atomic E-state index is 5.55. The first-order chi connectivity index (χ1) is 6.77. The van der Waals surface area contributed by atoms with Crippen molar-refractivity contribution >= 4 is 0 Å². The quantitative estimate of drug-likeness (QED) is 0.742. The Morgan fingerprint density at radius 2 is 2.29 bits per heavy atom. The maximum atomic E-state index is 5.55. The molecule has 0 aromatic carbocycles. The SMILES string of the molecule is CCC(CCN)CCc1ncnn1C. The van der Waals surface area contributed by atoms with Crippen LogP contribution in [-0.2, 0) is 13.5 Å². The monoisotopic (exact) mass is 196 g/mol. The van der Waals surface area contributed by atoms with Gasteiger partial charge >= 0.3 is 0 Å². The highest BCUT2D eigenvalue weighted by atomic mass is 15.3. The predicted molar refractivity (Wildman–Crippen MR) is 56.8 cm³/mol. The zero-order chi connectivity index (χ0) is 10.4. The molecule has 0 radical (unpaired) electrons. The molecule has 14 heavy (non-hydrogen) atoms. The van der Waals surface area contributed by atoms with Gasteiger partial charge in [-0.2, -0.15) is 5.10 Å². The van der Waals surface area contributed by atoms with E-state index in [9.17, 15) is 0 Å². The summed E-state index contributed by atoms with van der Waals surface area (Å²) < 4.78 is 1.84. The Labute approximate surface area is 85.5 Å². The van der Waals surface area contributed by atoms with Gasteiger partial charge in [-0.3, -0.25) is 4.68 Å². The van der Waals surface area contributed by atoms with Gasteiger partial charge in [-0.05, 0) is 25.3 Å². The van der Waals surface area contributed by atoms with Gasteiger partial charge in [0, 0.05) is 13.5 Å². The highest BCUT2D eigenvalue weighted by Crippen LogP contribution is 2.14. The summed E-state index contributed by atoms with van der Waals surface area (Å²) in [5.74, 6) is 1.80. The fraction of sp³-hybridized carbons (Fsp3) is 0.800. The Morgan fingerprint density at radius 1 is 1.50 bits per heavy atom. The third-order valence-corrected chi connectivity index (χ3v) is 2.73. The van der Waals surface area contributed by atoms with Gasteiger partial charge in [-0.1, -0.05) is 13.3 Å². The van der Waals surface area contributed by atoms with E-state index in [1.807, 2.05) is 11.7 Å². The molecule has 0 saturated carbocycles. The predicted octanol–water partition coefficient (Wildman–Crippen LogP) is 1.12. The van der Waals surface area contributed by atoms with Crippen molar-refractivity contribution in [3.05, 3.63) is 12.2 Å². The number of aryl methyl sites for hydroxylation is 2. The van der Waals surface area contributed by atoms with E-state index in [0.29, 0.717) is 0 Å². The summed E-state index contributed by atoms with van der Waals surface area (Å²) in [6.07, 6.45) is 6.11. The molecular formula is C10H20N4. The van der Waals surface area contributed by atoms with Crippen molar-refractivity contribution in [2.75, 3.05) is 6.54 Å². The van der Waals surface area contributed by atoms with Gasteiger partial charge in [0.1, 0.15) is 12.2 Å². The summed E-state index contributed by atoms with van der Waals surface area (Å²) in [4.78, 5) is 4.20. The smallest absolute Gasteiger partial charge is 0.138 e. The lowest BCUT2D eigenvalue weighted by molar-refractivity contribution is 0.435. The molecule has 1 rings (SSSR count). The molecule has 80 valence electrons. The standard InChI is InChI=1S/C10H20N4/c1-3-9(6-7-11)4-5-10-12-8-13-14(10)2/h8-9H,3-7,11H2,1-2H3. The van der Waals surface area contributed by atoms with Crippen molar-refractivity contribution in [3.8, 4) is 0 Å². The second kappa shape index (κ2) is 5.75. The Balaban J connectivity index is 2.35. The molecule has 0 aliphatic heterocycles. The van der Waals surface area contributed by atoms with E-state index < -0.39 is 0 Å². The molecule has 0 aliphatic carbocycles. The maximum Gasteiger partial charge on any atom is 0.138 e. The number of aromatic nitrogens is 3. The van der Waals surface area contributed by atoms with Gasteiger partial charge < -0.3 is 5.73 Å². The molecule has 0 saturated heterocycles. The van der Waals surface area contributed by atoms with Gasteiger partial charge in [0.25, 0.3) is 0 Å². The fourth-order valence-corrected chi connectivity index (χ4v) is 1.67. The summed E-state index contributed by atoms with van der Waals surface area (Å²) in [6.45, 7) is 3.01. The van der Waals surface area contributed by atoms with Gasteiger partial charge in [0.15, 0.2) is 0 Å². The number of rotatable bonds is 6. The van der Waals surface area contributed by atoms with Crippen LogP contribution >= 0.6 is 0 Å². The van der Waals surface area contributed by atoms with Crippen molar-refractivity contribution in [1.82, 2.24) is 14.8 Å². The van der Waals surface area contributed by atoms with Crippen LogP contribution in [-0.4, -0.2) is 21.3 Å². The normalized spacial score (nSPS) is 13.1. The van der Waals surface area contributed by atoms with Crippen LogP contribution in [0, 0.1) is 5.92 Å². The van der Waals surface area contributed by atoms with Gasteiger partial charge in [-0.15, -0.1) is 0 Å². The lowest BCUT2D eigenvalue weighted by Crippen LogP contribution is -2.10. The molecule has 1 unspecified atom stereocenters. The largest absolute Gasteiger partial charge is 0.330 e. The van der Waals surface area contributed by atoms with Crippen molar-refractivity contribution in [2.45, 2.75) is 32.6 Å². The molecule has 4 heteroatoms. The van der Waals surface area contributed by atoms with E-state index in [2.05, 4.69) is 17.0 Å². The minimum absolute atomic E-state index is 0.733. The summed E-state index contributed by atoms with van der Waals surface area (Å²) >= 11 is 0. The average Bonchev–Trinajstić information content (AvgIpc) is 2.59. The second-order valence-electron chi connectivity index (χ2n) is 3.69. The van der Waals surface area contributed by atoms with Gasteiger partial charge in [0.05, 0.1) is 0 Å². The topological polar surface area (TPSA) is 56.7 Å². The van der Waals surface area contributed by atoms with Crippen molar-refractivity contribution in [3.63, 3.8) is 0 Å². The molecule has 0 fully saturated rings. The molecule has 0 aliphatic rings. The Bertz CT molecular complexity index is 256. The molecular weight excluding hydrogens is 176 g/mol. The van der Waals surface area contributed by atoms with Crippen LogP contribution in [0.5, 0.6) is 0 Å². The highest BCUT2D eigenvalue weighted by Gasteiger charge is 2.07. The minimum atomic E-state index is 0.733. The highest BCUT2D eigenvalue weighted by molar-refractivity contribution is 4.84. The lowest BCUT2D eigenvalue weighted by atomic mass is 9.96. The van der Waals surface area contributed by atoms with E-state index in [-0.39, 0.29) is 0 Å². The van der Waals surface area contributed by atoms with E-state index in [1.165, 1.54) is 12.8 Å². The summed E-state index contributed by atoms with van der Waals surface area (Å²) in [6, 6.07) is 0. The molecule has 0 bridgehead atoms. The van der Waals surface area contributed by atoms with Crippen LogP contribution in [0.4, 0.5) is 0 Å². The van der Waals surface area contributed by atoms with E-state index in [4.69, 9.17) is 5.73 Å². The molecule has 0 amide bonds. The summed E-state index contributed by atoms with van der Waals surface area (Å²) in [7, 11) is 1.94. The third-order valence-electron chi connectivity index (χ3n) is 2.73. The molecule has 1 aromatic heterocycles. The number of nitrogens with two attached hydrogens (primary N) is 1. The first-order valence-corrected chi connectivity index (χ1v) is 5.30. The van der Waals surface area contributed by atoms with Crippen molar-refractivity contribution in [1.29, 1.82) is 0 Å². The first kappa shape index (κ1) is 11.2. The van der Waals surface area contributed by atoms with Crippen LogP contribution in [0.3, 0.4) is 0 Å². The van der Waals surface area contributed by atoms with Crippen LogP contribution in [0.2, 0.25) is 0 Å². The number of nitrogens with zero attached hydrogens (tertiary/aromatic N) is 3. The molecule has 2 N–H and O–H groups in total. The molecule has 4 nitrogen and oxygen atoms in total. The summed E-state index contributed by atoms with van der Waals surface area (Å²) in [5, 5.41) is 4.05. The molecule has 1 aromatic rings. The van der Waals surface area contributed by atoms with Crippen LogP contribution in [0.15, 0.2) is 6.33 Å². The molecule has 0 spiro atoms. The van der Waals surface area contributed by atoms with E-state index >= 15 is 0 Å². The zero-order valence-electron chi connectivity index (χ0n) is 9.11. The second-order valence-corrected chi connectivity index (χ2v) is 3.69. The summed E-state index contributed by atoms with van der Waals surface area (Å²) in [5.41, 5.74) is 5.55.